The van der Waals surface area contributed by atoms with Crippen molar-refractivity contribution in [1.29, 1.82) is 0 Å². The molecular weight excluding hydrogens is 282 g/mol. The van der Waals surface area contributed by atoms with Crippen LogP contribution in [-0.4, -0.2) is 20.3 Å². The van der Waals surface area contributed by atoms with Crippen molar-refractivity contribution in [2.75, 3.05) is 0 Å². The number of non-ortho nitro benzene ring substituents is 1. The zero-order valence-corrected chi connectivity index (χ0v) is 12.1. The van der Waals surface area contributed by atoms with E-state index in [1.165, 1.54) is 19.1 Å². The third-order valence-corrected chi connectivity index (χ3v) is 3.53. The van der Waals surface area contributed by atoms with Crippen LogP contribution in [-0.2, 0) is 0 Å². The SMILES string of the molecule is CC(=O)c1cccc(-n2c(C)nc3cc([N+](=O)[O-])ccc32)c1. The summed E-state index contributed by atoms with van der Waals surface area (Å²) in [5.74, 6) is 0.691. The number of benzene rings is 2. The van der Waals surface area contributed by atoms with Crippen LogP contribution < -0.4 is 0 Å². The number of hydrogen-bond donors (Lipinski definition) is 0. The molecule has 0 aliphatic carbocycles. The molecule has 0 bridgehead atoms. The number of Topliss-reactive ketones (excluding diaryl/α,β-unsaturated/α-hetero) is 1. The Hall–Kier alpha value is -3.02. The highest BCUT2D eigenvalue weighted by molar-refractivity contribution is 5.94. The molecule has 0 saturated carbocycles. The third kappa shape index (κ3) is 2.24. The first-order valence-electron chi connectivity index (χ1n) is 6.72. The van der Waals surface area contributed by atoms with Crippen LogP contribution in [0.1, 0.15) is 23.1 Å². The molecule has 22 heavy (non-hydrogen) atoms. The fraction of sp³-hybridized carbons (Fsp3) is 0.125. The van der Waals surface area contributed by atoms with Gasteiger partial charge in [0.15, 0.2) is 5.78 Å². The molecular formula is C16H13N3O3. The van der Waals surface area contributed by atoms with E-state index in [-0.39, 0.29) is 11.5 Å². The molecule has 0 unspecified atom stereocenters. The van der Waals surface area contributed by atoms with Crippen molar-refractivity contribution in [3.05, 3.63) is 64.0 Å². The van der Waals surface area contributed by atoms with Crippen LogP contribution in [0.25, 0.3) is 16.7 Å². The lowest BCUT2D eigenvalue weighted by Gasteiger charge is -2.08. The highest BCUT2D eigenvalue weighted by Crippen LogP contribution is 2.25. The zero-order chi connectivity index (χ0) is 15.9. The number of carbonyl (C=O) groups is 1. The van der Waals surface area contributed by atoms with Crippen molar-refractivity contribution in [2.24, 2.45) is 0 Å². The maximum atomic E-state index is 11.5. The minimum absolute atomic E-state index is 0.00892. The van der Waals surface area contributed by atoms with Crippen molar-refractivity contribution in [3.8, 4) is 5.69 Å². The van der Waals surface area contributed by atoms with Crippen molar-refractivity contribution in [3.63, 3.8) is 0 Å². The number of nitro groups is 1. The van der Waals surface area contributed by atoms with Crippen LogP contribution in [0.2, 0.25) is 0 Å². The molecule has 3 aromatic rings. The molecule has 0 spiro atoms. The largest absolute Gasteiger partial charge is 0.296 e. The first kappa shape index (κ1) is 13.9. The number of rotatable bonds is 3. The van der Waals surface area contributed by atoms with E-state index in [1.807, 2.05) is 23.6 Å². The van der Waals surface area contributed by atoms with Gasteiger partial charge in [-0.15, -0.1) is 0 Å². The molecule has 0 atom stereocenters. The number of nitro benzene ring substituents is 1. The molecule has 6 nitrogen and oxygen atoms in total. The van der Waals surface area contributed by atoms with Gasteiger partial charge in [0.2, 0.25) is 0 Å². The summed E-state index contributed by atoms with van der Waals surface area (Å²) in [5, 5.41) is 10.9. The maximum absolute atomic E-state index is 11.5. The monoisotopic (exact) mass is 295 g/mol. The van der Waals surface area contributed by atoms with E-state index in [4.69, 9.17) is 0 Å². The molecule has 1 aromatic heterocycles. The average molecular weight is 295 g/mol. The molecule has 0 radical (unpaired) electrons. The Kier molecular flexibility index (Phi) is 3.21. The predicted octanol–water partition coefficient (Wildman–Crippen LogP) is 3.44. The van der Waals surface area contributed by atoms with Gasteiger partial charge in [-0.1, -0.05) is 12.1 Å². The summed E-state index contributed by atoms with van der Waals surface area (Å²) in [4.78, 5) is 26.3. The average Bonchev–Trinajstić information content (AvgIpc) is 2.82. The minimum atomic E-state index is -0.440. The lowest BCUT2D eigenvalue weighted by atomic mass is 10.1. The van der Waals surface area contributed by atoms with Gasteiger partial charge in [0.1, 0.15) is 5.82 Å². The quantitative estimate of drug-likeness (QED) is 0.421. The normalized spacial score (nSPS) is 10.8. The molecule has 0 aliphatic heterocycles. The lowest BCUT2D eigenvalue weighted by molar-refractivity contribution is -0.384. The van der Waals surface area contributed by atoms with Gasteiger partial charge in [-0.25, -0.2) is 4.98 Å². The first-order valence-corrected chi connectivity index (χ1v) is 6.72. The van der Waals surface area contributed by atoms with E-state index >= 15 is 0 Å². The van der Waals surface area contributed by atoms with Crippen LogP contribution in [0.15, 0.2) is 42.5 Å². The summed E-state index contributed by atoms with van der Waals surface area (Å²) < 4.78 is 1.88. The van der Waals surface area contributed by atoms with E-state index in [1.54, 1.807) is 18.2 Å². The van der Waals surface area contributed by atoms with Gasteiger partial charge in [0, 0.05) is 23.4 Å². The van der Waals surface area contributed by atoms with Crippen molar-refractivity contribution >= 4 is 22.5 Å². The summed E-state index contributed by atoms with van der Waals surface area (Å²) in [7, 11) is 0. The highest BCUT2D eigenvalue weighted by atomic mass is 16.6. The Morgan fingerprint density at radius 2 is 2.00 bits per heavy atom. The van der Waals surface area contributed by atoms with E-state index in [2.05, 4.69) is 4.98 Å². The maximum Gasteiger partial charge on any atom is 0.271 e. The predicted molar refractivity (Wildman–Crippen MR) is 82.5 cm³/mol. The smallest absolute Gasteiger partial charge is 0.271 e. The number of aromatic nitrogens is 2. The lowest BCUT2D eigenvalue weighted by Crippen LogP contribution is -2.00. The molecule has 3 rings (SSSR count). The third-order valence-electron chi connectivity index (χ3n) is 3.53. The van der Waals surface area contributed by atoms with Crippen molar-refractivity contribution in [1.82, 2.24) is 9.55 Å². The number of ketones is 1. The van der Waals surface area contributed by atoms with Gasteiger partial charge in [-0.2, -0.15) is 0 Å². The first-order chi connectivity index (χ1) is 10.5. The number of fused-ring (bicyclic) bond motifs is 1. The highest BCUT2D eigenvalue weighted by Gasteiger charge is 2.14. The van der Waals surface area contributed by atoms with Crippen molar-refractivity contribution in [2.45, 2.75) is 13.8 Å². The molecule has 1 heterocycles. The van der Waals surface area contributed by atoms with E-state index in [0.29, 0.717) is 16.9 Å². The number of imidazole rings is 1. The number of aryl methyl sites for hydroxylation is 1. The molecule has 0 amide bonds. The summed E-state index contributed by atoms with van der Waals surface area (Å²) in [5.41, 5.74) is 2.75. The number of carbonyl (C=O) groups excluding carboxylic acids is 1. The summed E-state index contributed by atoms with van der Waals surface area (Å²) in [6.45, 7) is 3.34. The van der Waals surface area contributed by atoms with Gasteiger partial charge < -0.3 is 0 Å². The Morgan fingerprint density at radius 3 is 2.68 bits per heavy atom. The van der Waals surface area contributed by atoms with E-state index < -0.39 is 4.92 Å². The van der Waals surface area contributed by atoms with E-state index in [0.717, 1.165) is 11.2 Å². The second-order valence-electron chi connectivity index (χ2n) is 5.03. The van der Waals surface area contributed by atoms with Gasteiger partial charge in [-0.3, -0.25) is 19.5 Å². The van der Waals surface area contributed by atoms with Gasteiger partial charge in [0.05, 0.1) is 16.0 Å². The van der Waals surface area contributed by atoms with Gasteiger partial charge in [-0.05, 0) is 32.0 Å². The Labute approximate surface area is 126 Å². The fourth-order valence-corrected chi connectivity index (χ4v) is 2.49. The van der Waals surface area contributed by atoms with Crippen LogP contribution in [0.3, 0.4) is 0 Å². The van der Waals surface area contributed by atoms with Gasteiger partial charge >= 0.3 is 0 Å². The second kappa shape index (κ2) is 5.07. The fourth-order valence-electron chi connectivity index (χ4n) is 2.49. The molecule has 110 valence electrons. The van der Waals surface area contributed by atoms with Gasteiger partial charge in [0.25, 0.3) is 5.69 Å². The molecule has 6 heteroatoms. The second-order valence-corrected chi connectivity index (χ2v) is 5.03. The zero-order valence-electron chi connectivity index (χ0n) is 12.1. The topological polar surface area (TPSA) is 78.0 Å². The Bertz CT molecular complexity index is 912. The van der Waals surface area contributed by atoms with E-state index in [9.17, 15) is 14.9 Å². The van der Waals surface area contributed by atoms with Crippen LogP contribution in [0, 0.1) is 17.0 Å². The standard InChI is InChI=1S/C16H13N3O3/c1-10(20)12-4-3-5-13(8-12)18-11(2)17-15-9-14(19(21)22)6-7-16(15)18/h3-9H,1-2H3. The molecule has 2 aromatic carbocycles. The van der Waals surface area contributed by atoms with Crippen LogP contribution in [0.4, 0.5) is 5.69 Å². The van der Waals surface area contributed by atoms with Crippen LogP contribution in [0.5, 0.6) is 0 Å². The number of nitrogens with zero attached hydrogens (tertiary/aromatic N) is 3. The molecule has 0 N–H and O–H groups in total. The summed E-state index contributed by atoms with van der Waals surface area (Å²) in [6.07, 6.45) is 0. The minimum Gasteiger partial charge on any atom is -0.296 e. The molecule has 0 saturated heterocycles. The number of hydrogen-bond acceptors (Lipinski definition) is 4. The molecule has 0 fully saturated rings. The summed E-state index contributed by atoms with van der Waals surface area (Å²) in [6, 6.07) is 11.8. The summed E-state index contributed by atoms with van der Waals surface area (Å²) >= 11 is 0. The Morgan fingerprint density at radius 1 is 1.23 bits per heavy atom. The van der Waals surface area contributed by atoms with Crippen molar-refractivity contribution < 1.29 is 9.72 Å². The molecule has 0 aliphatic rings. The van der Waals surface area contributed by atoms with Crippen LogP contribution >= 0.6 is 0 Å². The Balaban J connectivity index is 2.23.